The smallest absolute Gasteiger partial charge is 0.122 e. The van der Waals surface area contributed by atoms with Gasteiger partial charge in [0.05, 0.1) is 13.7 Å². The number of hydrogen-bond acceptors (Lipinski definition) is 4. The van der Waals surface area contributed by atoms with Crippen LogP contribution in [0.1, 0.15) is 6.92 Å². The van der Waals surface area contributed by atoms with Crippen molar-refractivity contribution in [3.05, 3.63) is 18.2 Å². The molecule has 1 aromatic carbocycles. The van der Waals surface area contributed by atoms with Crippen molar-refractivity contribution >= 4 is 11.4 Å². The average molecular weight is 210 g/mol. The highest BCUT2D eigenvalue weighted by Gasteiger charge is 2.03. The first-order valence-electron chi connectivity index (χ1n) is 4.85. The van der Waals surface area contributed by atoms with Crippen LogP contribution in [-0.2, 0) is 4.74 Å². The number of ether oxygens (including phenoxy) is 2. The van der Waals surface area contributed by atoms with E-state index in [1.54, 1.807) is 20.3 Å². The molecule has 0 fully saturated rings. The van der Waals surface area contributed by atoms with E-state index in [-0.39, 0.29) is 6.04 Å². The van der Waals surface area contributed by atoms with Gasteiger partial charge in [0, 0.05) is 36.7 Å². The molecule has 0 aliphatic carbocycles. The highest BCUT2D eigenvalue weighted by Crippen LogP contribution is 2.22. The summed E-state index contributed by atoms with van der Waals surface area (Å²) < 4.78 is 10.2. The van der Waals surface area contributed by atoms with Crippen LogP contribution in [0.4, 0.5) is 11.4 Å². The van der Waals surface area contributed by atoms with E-state index in [1.807, 2.05) is 19.1 Å². The fourth-order valence-corrected chi connectivity index (χ4v) is 1.40. The zero-order chi connectivity index (χ0) is 11.3. The second kappa shape index (κ2) is 5.46. The molecule has 0 heterocycles. The van der Waals surface area contributed by atoms with Gasteiger partial charge in [0.1, 0.15) is 5.75 Å². The maximum Gasteiger partial charge on any atom is 0.122 e. The summed E-state index contributed by atoms with van der Waals surface area (Å²) in [6.45, 7) is 2.69. The van der Waals surface area contributed by atoms with E-state index in [1.165, 1.54) is 0 Å². The fraction of sp³-hybridized carbons (Fsp3) is 0.455. The minimum absolute atomic E-state index is 0.238. The Bertz CT molecular complexity index is 315. The fourth-order valence-electron chi connectivity index (χ4n) is 1.40. The van der Waals surface area contributed by atoms with Crippen molar-refractivity contribution in [3.8, 4) is 5.75 Å². The lowest BCUT2D eigenvalue weighted by atomic mass is 10.2. The van der Waals surface area contributed by atoms with E-state index in [9.17, 15) is 0 Å². The summed E-state index contributed by atoms with van der Waals surface area (Å²) in [5.74, 6) is 0.752. The molecule has 0 aliphatic rings. The van der Waals surface area contributed by atoms with Gasteiger partial charge in [-0.25, -0.2) is 0 Å². The molecule has 0 saturated carbocycles. The van der Waals surface area contributed by atoms with Crippen LogP contribution < -0.4 is 15.8 Å². The zero-order valence-corrected chi connectivity index (χ0v) is 9.41. The molecule has 1 atom stereocenters. The van der Waals surface area contributed by atoms with Crippen LogP contribution in [0.5, 0.6) is 5.75 Å². The summed E-state index contributed by atoms with van der Waals surface area (Å²) in [4.78, 5) is 0. The Hall–Kier alpha value is -1.42. The summed E-state index contributed by atoms with van der Waals surface area (Å²) in [6.07, 6.45) is 0. The Kier molecular flexibility index (Phi) is 4.24. The van der Waals surface area contributed by atoms with E-state index in [2.05, 4.69) is 5.32 Å². The third-order valence-corrected chi connectivity index (χ3v) is 1.99. The predicted molar refractivity (Wildman–Crippen MR) is 62.4 cm³/mol. The lowest BCUT2D eigenvalue weighted by Crippen LogP contribution is -2.20. The standard InChI is InChI=1S/C11H18N2O2/c1-8(7-14-2)13-10-4-9(12)5-11(6-10)15-3/h4-6,8,13H,7,12H2,1-3H3. The number of nitrogens with two attached hydrogens (primary N) is 1. The van der Waals surface area contributed by atoms with Crippen molar-refractivity contribution in [1.82, 2.24) is 0 Å². The molecule has 0 radical (unpaired) electrons. The van der Waals surface area contributed by atoms with Gasteiger partial charge in [-0.2, -0.15) is 0 Å². The average Bonchev–Trinajstić information content (AvgIpc) is 2.17. The molecule has 0 bridgehead atoms. The number of rotatable bonds is 5. The van der Waals surface area contributed by atoms with Crippen LogP contribution in [0.25, 0.3) is 0 Å². The largest absolute Gasteiger partial charge is 0.497 e. The molecule has 1 rings (SSSR count). The van der Waals surface area contributed by atoms with Crippen LogP contribution in [-0.4, -0.2) is 26.9 Å². The summed E-state index contributed by atoms with van der Waals surface area (Å²) in [7, 11) is 3.30. The molecule has 84 valence electrons. The molecule has 0 aromatic heterocycles. The molecule has 4 nitrogen and oxygen atoms in total. The van der Waals surface area contributed by atoms with Crippen molar-refractivity contribution in [2.75, 3.05) is 31.9 Å². The lowest BCUT2D eigenvalue weighted by molar-refractivity contribution is 0.190. The van der Waals surface area contributed by atoms with Gasteiger partial charge in [-0.1, -0.05) is 0 Å². The molecular formula is C11H18N2O2. The van der Waals surface area contributed by atoms with Gasteiger partial charge >= 0.3 is 0 Å². The summed E-state index contributed by atoms with van der Waals surface area (Å²) >= 11 is 0. The lowest BCUT2D eigenvalue weighted by Gasteiger charge is -2.15. The zero-order valence-electron chi connectivity index (χ0n) is 9.41. The van der Waals surface area contributed by atoms with Crippen molar-refractivity contribution in [2.24, 2.45) is 0 Å². The molecule has 0 aliphatic heterocycles. The predicted octanol–water partition coefficient (Wildman–Crippen LogP) is 1.72. The SMILES string of the molecule is COCC(C)Nc1cc(N)cc(OC)c1. The summed E-state index contributed by atoms with van der Waals surface area (Å²) in [6, 6.07) is 5.80. The van der Waals surface area contributed by atoms with E-state index in [0.717, 1.165) is 11.4 Å². The van der Waals surface area contributed by atoms with Crippen molar-refractivity contribution < 1.29 is 9.47 Å². The maximum atomic E-state index is 5.73. The second-order valence-electron chi connectivity index (χ2n) is 3.50. The Labute approximate surface area is 90.4 Å². The Morgan fingerprint density at radius 3 is 2.67 bits per heavy atom. The topological polar surface area (TPSA) is 56.5 Å². The monoisotopic (exact) mass is 210 g/mol. The molecule has 0 spiro atoms. The van der Waals surface area contributed by atoms with Crippen molar-refractivity contribution in [2.45, 2.75) is 13.0 Å². The van der Waals surface area contributed by atoms with E-state index < -0.39 is 0 Å². The van der Waals surface area contributed by atoms with Crippen LogP contribution in [0.15, 0.2) is 18.2 Å². The Morgan fingerprint density at radius 2 is 2.07 bits per heavy atom. The number of anilines is 2. The third kappa shape index (κ3) is 3.67. The minimum atomic E-state index is 0.238. The molecular weight excluding hydrogens is 192 g/mol. The maximum absolute atomic E-state index is 5.73. The van der Waals surface area contributed by atoms with Gasteiger partial charge in [-0.05, 0) is 13.0 Å². The number of benzene rings is 1. The van der Waals surface area contributed by atoms with Gasteiger partial charge in [0.25, 0.3) is 0 Å². The Balaban J connectivity index is 2.71. The molecule has 3 N–H and O–H groups in total. The van der Waals surface area contributed by atoms with Crippen LogP contribution in [0.3, 0.4) is 0 Å². The molecule has 4 heteroatoms. The first-order chi connectivity index (χ1) is 7.15. The second-order valence-corrected chi connectivity index (χ2v) is 3.50. The molecule has 0 saturated heterocycles. The third-order valence-electron chi connectivity index (χ3n) is 1.99. The van der Waals surface area contributed by atoms with E-state index in [4.69, 9.17) is 15.2 Å². The number of hydrogen-bond donors (Lipinski definition) is 2. The normalized spacial score (nSPS) is 12.2. The highest BCUT2D eigenvalue weighted by molar-refractivity contribution is 5.59. The van der Waals surface area contributed by atoms with Crippen molar-refractivity contribution in [3.63, 3.8) is 0 Å². The molecule has 15 heavy (non-hydrogen) atoms. The molecule has 0 amide bonds. The number of nitrogen functional groups attached to an aromatic ring is 1. The van der Waals surface area contributed by atoms with Gasteiger partial charge in [-0.3, -0.25) is 0 Å². The van der Waals surface area contributed by atoms with Crippen LogP contribution in [0, 0.1) is 0 Å². The van der Waals surface area contributed by atoms with Crippen LogP contribution >= 0.6 is 0 Å². The summed E-state index contributed by atoms with van der Waals surface area (Å²) in [5, 5.41) is 3.27. The van der Waals surface area contributed by atoms with Gasteiger partial charge in [0.15, 0.2) is 0 Å². The summed E-state index contributed by atoms with van der Waals surface area (Å²) in [5.41, 5.74) is 7.36. The number of nitrogens with one attached hydrogen (secondary N) is 1. The molecule has 1 aromatic rings. The van der Waals surface area contributed by atoms with Crippen LogP contribution in [0.2, 0.25) is 0 Å². The minimum Gasteiger partial charge on any atom is -0.497 e. The highest BCUT2D eigenvalue weighted by atomic mass is 16.5. The first kappa shape index (κ1) is 11.7. The first-order valence-corrected chi connectivity index (χ1v) is 4.85. The number of methoxy groups -OCH3 is 2. The van der Waals surface area contributed by atoms with Gasteiger partial charge < -0.3 is 20.5 Å². The molecule has 1 unspecified atom stereocenters. The Morgan fingerprint density at radius 1 is 1.33 bits per heavy atom. The quantitative estimate of drug-likeness (QED) is 0.727. The van der Waals surface area contributed by atoms with Gasteiger partial charge in [-0.15, -0.1) is 0 Å². The van der Waals surface area contributed by atoms with E-state index >= 15 is 0 Å². The van der Waals surface area contributed by atoms with Crippen molar-refractivity contribution in [1.29, 1.82) is 0 Å². The van der Waals surface area contributed by atoms with Gasteiger partial charge in [0.2, 0.25) is 0 Å². The van der Waals surface area contributed by atoms with E-state index in [0.29, 0.717) is 12.3 Å².